The zero-order valence-corrected chi connectivity index (χ0v) is 14.3. The second-order valence-corrected chi connectivity index (χ2v) is 6.32. The summed E-state index contributed by atoms with van der Waals surface area (Å²) in [6.45, 7) is 6.00. The summed E-state index contributed by atoms with van der Waals surface area (Å²) < 4.78 is 11.4. The van der Waals surface area contributed by atoms with Crippen LogP contribution in [0, 0.1) is 6.92 Å². The molecule has 4 nitrogen and oxygen atoms in total. The highest BCUT2D eigenvalue weighted by Crippen LogP contribution is 2.32. The maximum atomic E-state index is 10.4. The molecule has 4 heteroatoms. The molecule has 2 atom stereocenters. The SMILES string of the molecule is Cc1cccc(C(O)CNC(C)c2ccc3c(c2)OCCCO3)c1. The maximum Gasteiger partial charge on any atom is 0.161 e. The van der Waals surface area contributed by atoms with E-state index < -0.39 is 6.10 Å². The van der Waals surface area contributed by atoms with E-state index in [1.165, 1.54) is 0 Å². The minimum absolute atomic E-state index is 0.113. The van der Waals surface area contributed by atoms with Gasteiger partial charge >= 0.3 is 0 Å². The van der Waals surface area contributed by atoms with Crippen LogP contribution in [0.4, 0.5) is 0 Å². The van der Waals surface area contributed by atoms with Gasteiger partial charge in [0.2, 0.25) is 0 Å². The van der Waals surface area contributed by atoms with Gasteiger partial charge in [-0.3, -0.25) is 0 Å². The van der Waals surface area contributed by atoms with Crippen LogP contribution in [0.25, 0.3) is 0 Å². The van der Waals surface area contributed by atoms with Crippen molar-refractivity contribution < 1.29 is 14.6 Å². The van der Waals surface area contributed by atoms with Gasteiger partial charge in [-0.05, 0) is 37.1 Å². The standard InChI is InChI=1S/C20H25NO3/c1-14-5-3-6-17(11-14)18(22)13-21-15(2)16-7-8-19-20(12-16)24-10-4-9-23-19/h3,5-8,11-12,15,18,21-22H,4,9-10,13H2,1-2H3. The largest absolute Gasteiger partial charge is 0.490 e. The van der Waals surface area contributed by atoms with E-state index in [1.807, 2.05) is 49.4 Å². The Hall–Kier alpha value is -2.04. The summed E-state index contributed by atoms with van der Waals surface area (Å²) in [6.07, 6.45) is 0.383. The molecule has 3 rings (SSSR count). The molecule has 1 aliphatic rings. The van der Waals surface area contributed by atoms with Crippen molar-refractivity contribution in [3.05, 3.63) is 59.2 Å². The Bertz CT molecular complexity index is 686. The average molecular weight is 327 g/mol. The van der Waals surface area contributed by atoms with E-state index >= 15 is 0 Å². The smallest absolute Gasteiger partial charge is 0.161 e. The molecule has 0 aromatic heterocycles. The highest BCUT2D eigenvalue weighted by atomic mass is 16.5. The predicted octanol–water partition coefficient (Wildman–Crippen LogP) is 3.54. The van der Waals surface area contributed by atoms with Gasteiger partial charge in [-0.15, -0.1) is 0 Å². The molecule has 2 N–H and O–H groups in total. The molecular weight excluding hydrogens is 302 g/mol. The van der Waals surface area contributed by atoms with Gasteiger partial charge in [-0.1, -0.05) is 35.9 Å². The maximum absolute atomic E-state index is 10.4. The second kappa shape index (κ2) is 7.69. The Kier molecular flexibility index (Phi) is 5.38. The Morgan fingerprint density at radius 2 is 1.83 bits per heavy atom. The minimum Gasteiger partial charge on any atom is -0.490 e. The molecule has 0 radical (unpaired) electrons. The molecule has 0 saturated heterocycles. The van der Waals surface area contributed by atoms with Gasteiger partial charge in [0, 0.05) is 19.0 Å². The van der Waals surface area contributed by atoms with Crippen molar-refractivity contribution in [1.29, 1.82) is 0 Å². The molecule has 0 saturated carbocycles. The van der Waals surface area contributed by atoms with Gasteiger partial charge in [-0.2, -0.15) is 0 Å². The van der Waals surface area contributed by atoms with Crippen molar-refractivity contribution in [2.24, 2.45) is 0 Å². The first-order chi connectivity index (χ1) is 11.6. The zero-order valence-electron chi connectivity index (χ0n) is 14.3. The fourth-order valence-electron chi connectivity index (χ4n) is 2.85. The van der Waals surface area contributed by atoms with E-state index in [4.69, 9.17) is 9.47 Å². The molecule has 0 bridgehead atoms. The van der Waals surface area contributed by atoms with E-state index in [1.54, 1.807) is 0 Å². The lowest BCUT2D eigenvalue weighted by Gasteiger charge is -2.19. The number of rotatable bonds is 5. The summed E-state index contributed by atoms with van der Waals surface area (Å²) in [5.41, 5.74) is 3.21. The summed E-state index contributed by atoms with van der Waals surface area (Å²) in [5.74, 6) is 1.61. The van der Waals surface area contributed by atoms with Crippen LogP contribution < -0.4 is 14.8 Å². The summed E-state index contributed by atoms with van der Waals surface area (Å²) in [7, 11) is 0. The van der Waals surface area contributed by atoms with E-state index in [0.29, 0.717) is 19.8 Å². The summed E-state index contributed by atoms with van der Waals surface area (Å²) in [5, 5.41) is 13.8. The Morgan fingerprint density at radius 1 is 1.04 bits per heavy atom. The third-order valence-electron chi connectivity index (χ3n) is 4.32. The van der Waals surface area contributed by atoms with Crippen LogP contribution in [-0.2, 0) is 0 Å². The minimum atomic E-state index is -0.521. The van der Waals surface area contributed by atoms with Crippen molar-refractivity contribution in [1.82, 2.24) is 5.32 Å². The van der Waals surface area contributed by atoms with Gasteiger partial charge in [-0.25, -0.2) is 0 Å². The number of aryl methyl sites for hydroxylation is 1. The first kappa shape index (κ1) is 16.8. The molecule has 0 spiro atoms. The number of hydrogen-bond donors (Lipinski definition) is 2. The molecule has 1 heterocycles. The van der Waals surface area contributed by atoms with Gasteiger partial charge in [0.15, 0.2) is 11.5 Å². The fourth-order valence-corrected chi connectivity index (χ4v) is 2.85. The second-order valence-electron chi connectivity index (χ2n) is 6.32. The zero-order chi connectivity index (χ0) is 16.9. The van der Waals surface area contributed by atoms with Crippen molar-refractivity contribution in [3.8, 4) is 11.5 Å². The van der Waals surface area contributed by atoms with E-state index in [2.05, 4.69) is 12.2 Å². The summed E-state index contributed by atoms with van der Waals surface area (Å²) >= 11 is 0. The monoisotopic (exact) mass is 327 g/mol. The van der Waals surface area contributed by atoms with Gasteiger partial charge < -0.3 is 19.9 Å². The van der Waals surface area contributed by atoms with Gasteiger partial charge in [0.05, 0.1) is 19.3 Å². The van der Waals surface area contributed by atoms with Crippen molar-refractivity contribution >= 4 is 0 Å². The average Bonchev–Trinajstić information content (AvgIpc) is 2.84. The van der Waals surface area contributed by atoms with Crippen LogP contribution in [0.3, 0.4) is 0 Å². The van der Waals surface area contributed by atoms with E-state index in [0.717, 1.165) is 34.6 Å². The molecule has 24 heavy (non-hydrogen) atoms. The third-order valence-corrected chi connectivity index (χ3v) is 4.32. The fraction of sp³-hybridized carbons (Fsp3) is 0.400. The van der Waals surface area contributed by atoms with Gasteiger partial charge in [0.25, 0.3) is 0 Å². The van der Waals surface area contributed by atoms with Crippen molar-refractivity contribution in [2.45, 2.75) is 32.4 Å². The lowest BCUT2D eigenvalue weighted by Crippen LogP contribution is -2.24. The molecule has 0 fully saturated rings. The number of aliphatic hydroxyl groups is 1. The van der Waals surface area contributed by atoms with Crippen LogP contribution >= 0.6 is 0 Å². The highest BCUT2D eigenvalue weighted by Gasteiger charge is 2.15. The van der Waals surface area contributed by atoms with Gasteiger partial charge in [0.1, 0.15) is 0 Å². The first-order valence-electron chi connectivity index (χ1n) is 8.51. The molecule has 1 aliphatic heterocycles. The van der Waals surface area contributed by atoms with Crippen molar-refractivity contribution in [2.75, 3.05) is 19.8 Å². The normalized spacial score (nSPS) is 16.3. The Morgan fingerprint density at radius 3 is 2.62 bits per heavy atom. The van der Waals surface area contributed by atoms with Crippen LogP contribution in [-0.4, -0.2) is 24.9 Å². The lowest BCUT2D eigenvalue weighted by atomic mass is 10.0. The lowest BCUT2D eigenvalue weighted by molar-refractivity contribution is 0.170. The third kappa shape index (κ3) is 4.08. The molecule has 128 valence electrons. The highest BCUT2D eigenvalue weighted by molar-refractivity contribution is 5.44. The Labute approximate surface area is 143 Å². The summed E-state index contributed by atoms with van der Waals surface area (Å²) in [4.78, 5) is 0. The number of aliphatic hydroxyl groups excluding tert-OH is 1. The van der Waals surface area contributed by atoms with Crippen LogP contribution in [0.1, 0.15) is 42.2 Å². The van der Waals surface area contributed by atoms with Crippen LogP contribution in [0.5, 0.6) is 11.5 Å². The molecule has 2 unspecified atom stereocenters. The molecular formula is C20H25NO3. The van der Waals surface area contributed by atoms with Crippen LogP contribution in [0.2, 0.25) is 0 Å². The van der Waals surface area contributed by atoms with E-state index in [-0.39, 0.29) is 6.04 Å². The van der Waals surface area contributed by atoms with E-state index in [9.17, 15) is 5.11 Å². The Balaban J connectivity index is 1.62. The summed E-state index contributed by atoms with van der Waals surface area (Å²) in [6, 6.07) is 14.1. The quantitative estimate of drug-likeness (QED) is 0.882. The molecule has 0 aliphatic carbocycles. The number of nitrogens with one attached hydrogen (secondary N) is 1. The van der Waals surface area contributed by atoms with Crippen molar-refractivity contribution in [3.63, 3.8) is 0 Å². The predicted molar refractivity (Wildman–Crippen MR) is 94.6 cm³/mol. The number of fused-ring (bicyclic) bond motifs is 1. The topological polar surface area (TPSA) is 50.7 Å². The molecule has 0 amide bonds. The number of ether oxygens (including phenoxy) is 2. The number of benzene rings is 2. The first-order valence-corrected chi connectivity index (χ1v) is 8.51. The number of hydrogen-bond acceptors (Lipinski definition) is 4. The molecule has 2 aromatic carbocycles. The molecule has 2 aromatic rings. The van der Waals surface area contributed by atoms with Crippen LogP contribution in [0.15, 0.2) is 42.5 Å².